The van der Waals surface area contributed by atoms with E-state index in [4.69, 9.17) is 9.47 Å². The van der Waals surface area contributed by atoms with Gasteiger partial charge in [-0.15, -0.1) is 0 Å². The molecular formula is C18H20O3. The van der Waals surface area contributed by atoms with Gasteiger partial charge in [-0.1, -0.05) is 49.4 Å². The highest BCUT2D eigenvalue weighted by Gasteiger charge is 2.13. The van der Waals surface area contributed by atoms with Gasteiger partial charge in [-0.3, -0.25) is 4.79 Å². The van der Waals surface area contributed by atoms with Gasteiger partial charge in [0.2, 0.25) is 0 Å². The summed E-state index contributed by atoms with van der Waals surface area (Å²) in [6, 6.07) is 16.1. The lowest BCUT2D eigenvalue weighted by Gasteiger charge is -2.11. The van der Waals surface area contributed by atoms with Crippen molar-refractivity contribution in [2.45, 2.75) is 13.3 Å². The Hall–Kier alpha value is -2.29. The van der Waals surface area contributed by atoms with Crippen molar-refractivity contribution in [3.63, 3.8) is 0 Å². The molecule has 110 valence electrons. The highest BCUT2D eigenvalue weighted by atomic mass is 16.5. The maximum Gasteiger partial charge on any atom is 0.308 e. The minimum atomic E-state index is -0.177. The molecule has 3 heteroatoms. The zero-order valence-corrected chi connectivity index (χ0v) is 12.6. The molecule has 3 nitrogen and oxygen atoms in total. The van der Waals surface area contributed by atoms with E-state index < -0.39 is 0 Å². The largest absolute Gasteiger partial charge is 0.496 e. The quantitative estimate of drug-likeness (QED) is 0.785. The SMILES string of the molecule is COC(=O)C(C)Cc1ccc(-c2ccccc2OC)cc1. The highest BCUT2D eigenvalue weighted by molar-refractivity contribution is 5.73. The Bertz CT molecular complexity index is 602. The smallest absolute Gasteiger partial charge is 0.308 e. The maximum atomic E-state index is 11.4. The average Bonchev–Trinajstić information content (AvgIpc) is 2.54. The van der Waals surface area contributed by atoms with Gasteiger partial charge < -0.3 is 9.47 Å². The zero-order valence-electron chi connectivity index (χ0n) is 12.6. The molecule has 0 heterocycles. The summed E-state index contributed by atoms with van der Waals surface area (Å²) < 4.78 is 10.1. The molecule has 21 heavy (non-hydrogen) atoms. The number of rotatable bonds is 5. The van der Waals surface area contributed by atoms with Gasteiger partial charge in [0.05, 0.1) is 20.1 Å². The summed E-state index contributed by atoms with van der Waals surface area (Å²) in [4.78, 5) is 11.4. The lowest BCUT2D eigenvalue weighted by molar-refractivity contribution is -0.144. The van der Waals surface area contributed by atoms with E-state index in [1.54, 1.807) is 7.11 Å². The Morgan fingerprint density at radius 2 is 1.71 bits per heavy atom. The van der Waals surface area contributed by atoms with Crippen LogP contribution < -0.4 is 4.74 Å². The molecule has 0 bridgehead atoms. The van der Waals surface area contributed by atoms with Crippen LogP contribution in [0.3, 0.4) is 0 Å². The van der Waals surface area contributed by atoms with Gasteiger partial charge >= 0.3 is 5.97 Å². The number of hydrogen-bond donors (Lipinski definition) is 0. The van der Waals surface area contributed by atoms with E-state index in [1.807, 2.05) is 43.3 Å². The molecule has 0 aliphatic heterocycles. The number of benzene rings is 2. The Labute approximate surface area is 125 Å². The maximum absolute atomic E-state index is 11.4. The number of hydrogen-bond acceptors (Lipinski definition) is 3. The lowest BCUT2D eigenvalue weighted by atomic mass is 9.98. The first-order valence-corrected chi connectivity index (χ1v) is 6.96. The Morgan fingerprint density at radius 3 is 2.33 bits per heavy atom. The van der Waals surface area contributed by atoms with Crippen LogP contribution in [-0.4, -0.2) is 20.2 Å². The Kier molecular flexibility index (Phi) is 4.99. The van der Waals surface area contributed by atoms with Crippen molar-refractivity contribution in [3.8, 4) is 16.9 Å². The van der Waals surface area contributed by atoms with Crippen molar-refractivity contribution in [2.24, 2.45) is 5.92 Å². The summed E-state index contributed by atoms with van der Waals surface area (Å²) in [7, 11) is 3.09. The first-order chi connectivity index (χ1) is 10.2. The molecule has 0 radical (unpaired) electrons. The van der Waals surface area contributed by atoms with E-state index in [-0.39, 0.29) is 11.9 Å². The van der Waals surface area contributed by atoms with Crippen LogP contribution >= 0.6 is 0 Å². The molecule has 0 N–H and O–H groups in total. The molecule has 0 saturated carbocycles. The topological polar surface area (TPSA) is 35.5 Å². The van der Waals surface area contributed by atoms with E-state index in [9.17, 15) is 4.79 Å². The second-order valence-electron chi connectivity index (χ2n) is 5.03. The number of ether oxygens (including phenoxy) is 2. The normalized spacial score (nSPS) is 11.8. The fourth-order valence-corrected chi connectivity index (χ4v) is 2.34. The first kappa shape index (κ1) is 15.1. The molecule has 0 saturated heterocycles. The van der Waals surface area contributed by atoms with E-state index in [0.29, 0.717) is 6.42 Å². The molecule has 0 fully saturated rings. The van der Waals surface area contributed by atoms with Crippen LogP contribution in [0.15, 0.2) is 48.5 Å². The van der Waals surface area contributed by atoms with Crippen molar-refractivity contribution in [2.75, 3.05) is 14.2 Å². The molecule has 2 aromatic carbocycles. The molecule has 0 aliphatic carbocycles. The van der Waals surface area contributed by atoms with Crippen LogP contribution in [-0.2, 0) is 16.0 Å². The molecule has 0 spiro atoms. The summed E-state index contributed by atoms with van der Waals surface area (Å²) in [6.45, 7) is 1.87. The molecular weight excluding hydrogens is 264 g/mol. The fourth-order valence-electron chi connectivity index (χ4n) is 2.34. The Morgan fingerprint density at radius 1 is 1.05 bits per heavy atom. The van der Waals surface area contributed by atoms with Crippen LogP contribution in [0.4, 0.5) is 0 Å². The van der Waals surface area contributed by atoms with Crippen LogP contribution in [0, 0.1) is 5.92 Å². The highest BCUT2D eigenvalue weighted by Crippen LogP contribution is 2.29. The summed E-state index contributed by atoms with van der Waals surface area (Å²) in [6.07, 6.45) is 0.679. The third-order valence-electron chi connectivity index (χ3n) is 3.52. The first-order valence-electron chi connectivity index (χ1n) is 6.96. The minimum Gasteiger partial charge on any atom is -0.496 e. The van der Waals surface area contributed by atoms with Crippen molar-refractivity contribution in [3.05, 3.63) is 54.1 Å². The average molecular weight is 284 g/mol. The molecule has 1 atom stereocenters. The van der Waals surface area contributed by atoms with Crippen molar-refractivity contribution in [1.82, 2.24) is 0 Å². The number of esters is 1. The van der Waals surface area contributed by atoms with Gasteiger partial charge in [-0.2, -0.15) is 0 Å². The second kappa shape index (κ2) is 6.93. The van der Waals surface area contributed by atoms with Crippen molar-refractivity contribution < 1.29 is 14.3 Å². The zero-order chi connectivity index (χ0) is 15.2. The molecule has 0 amide bonds. The van der Waals surface area contributed by atoms with E-state index in [0.717, 1.165) is 22.4 Å². The van der Waals surface area contributed by atoms with E-state index >= 15 is 0 Å². The number of carbonyl (C=O) groups excluding carboxylic acids is 1. The van der Waals surface area contributed by atoms with Crippen LogP contribution in [0.1, 0.15) is 12.5 Å². The summed E-state index contributed by atoms with van der Waals surface area (Å²) in [5.74, 6) is 0.545. The molecule has 0 aromatic heterocycles. The van der Waals surface area contributed by atoms with Crippen molar-refractivity contribution in [1.29, 1.82) is 0 Å². The number of para-hydroxylation sites is 1. The fraction of sp³-hybridized carbons (Fsp3) is 0.278. The van der Waals surface area contributed by atoms with Gasteiger partial charge in [0, 0.05) is 5.56 Å². The van der Waals surface area contributed by atoms with Gasteiger partial charge in [0.25, 0.3) is 0 Å². The molecule has 2 aromatic rings. The molecule has 0 aliphatic rings. The van der Waals surface area contributed by atoms with Crippen molar-refractivity contribution >= 4 is 5.97 Å². The minimum absolute atomic E-state index is 0.132. The Balaban J connectivity index is 2.17. The monoisotopic (exact) mass is 284 g/mol. The van der Waals surface area contributed by atoms with E-state index in [2.05, 4.69) is 12.1 Å². The van der Waals surface area contributed by atoms with Gasteiger partial charge in [-0.25, -0.2) is 0 Å². The molecule has 1 unspecified atom stereocenters. The third-order valence-corrected chi connectivity index (χ3v) is 3.52. The van der Waals surface area contributed by atoms with Crippen LogP contribution in [0.2, 0.25) is 0 Å². The predicted octanol–water partition coefficient (Wildman–Crippen LogP) is 3.71. The summed E-state index contributed by atoms with van der Waals surface area (Å²) in [5, 5.41) is 0. The summed E-state index contributed by atoms with van der Waals surface area (Å²) >= 11 is 0. The van der Waals surface area contributed by atoms with Crippen LogP contribution in [0.5, 0.6) is 5.75 Å². The van der Waals surface area contributed by atoms with Gasteiger partial charge in [0.15, 0.2) is 0 Å². The predicted molar refractivity (Wildman–Crippen MR) is 83.3 cm³/mol. The standard InChI is InChI=1S/C18H20O3/c1-13(18(19)21-3)12-14-8-10-15(11-9-14)16-6-4-5-7-17(16)20-2/h4-11,13H,12H2,1-3H3. The number of carbonyl (C=O) groups is 1. The van der Waals surface area contributed by atoms with Crippen LogP contribution in [0.25, 0.3) is 11.1 Å². The third kappa shape index (κ3) is 3.63. The second-order valence-corrected chi connectivity index (χ2v) is 5.03. The van der Waals surface area contributed by atoms with Gasteiger partial charge in [0.1, 0.15) is 5.75 Å². The van der Waals surface area contributed by atoms with E-state index in [1.165, 1.54) is 7.11 Å². The number of methoxy groups -OCH3 is 2. The summed E-state index contributed by atoms with van der Waals surface area (Å²) in [5.41, 5.74) is 3.28. The molecule has 2 rings (SSSR count). The lowest BCUT2D eigenvalue weighted by Crippen LogP contribution is -2.14. The van der Waals surface area contributed by atoms with Gasteiger partial charge in [-0.05, 0) is 23.6 Å².